The Labute approximate surface area is 175 Å². The second kappa shape index (κ2) is 8.70. The van der Waals surface area contributed by atoms with Crippen LogP contribution in [-0.4, -0.2) is 45.6 Å². The van der Waals surface area contributed by atoms with Crippen LogP contribution in [0.5, 0.6) is 5.75 Å². The van der Waals surface area contributed by atoms with E-state index in [0.717, 1.165) is 17.0 Å². The van der Waals surface area contributed by atoms with Gasteiger partial charge in [0.1, 0.15) is 17.8 Å². The Hall–Kier alpha value is -3.79. The van der Waals surface area contributed by atoms with Crippen LogP contribution >= 0.6 is 11.3 Å². The first-order valence-electron chi connectivity index (χ1n) is 8.96. The Morgan fingerprint density at radius 1 is 1.13 bits per heavy atom. The number of anilines is 1. The summed E-state index contributed by atoms with van der Waals surface area (Å²) in [4.78, 5) is 28.5. The van der Waals surface area contributed by atoms with Gasteiger partial charge in [-0.2, -0.15) is 0 Å². The van der Waals surface area contributed by atoms with Crippen LogP contribution in [0.25, 0.3) is 22.3 Å². The summed E-state index contributed by atoms with van der Waals surface area (Å²) in [5.74, 6) is -0.301. The van der Waals surface area contributed by atoms with Gasteiger partial charge in [0.05, 0.1) is 18.3 Å². The molecule has 0 saturated heterocycles. The molecule has 30 heavy (non-hydrogen) atoms. The van der Waals surface area contributed by atoms with E-state index in [2.05, 4.69) is 20.6 Å². The van der Waals surface area contributed by atoms with Gasteiger partial charge >= 0.3 is 5.97 Å². The fourth-order valence-corrected chi connectivity index (χ4v) is 3.46. The number of rotatable bonds is 7. The molecule has 2 aromatic heterocycles. The van der Waals surface area contributed by atoms with Gasteiger partial charge in [-0.1, -0.05) is 17.3 Å². The van der Waals surface area contributed by atoms with Crippen molar-refractivity contribution >= 4 is 39.4 Å². The van der Waals surface area contributed by atoms with E-state index in [0.29, 0.717) is 16.2 Å². The second-order valence-corrected chi connectivity index (χ2v) is 7.07. The van der Waals surface area contributed by atoms with E-state index in [-0.39, 0.29) is 6.54 Å². The molecule has 4 aromatic rings. The van der Waals surface area contributed by atoms with E-state index < -0.39 is 18.5 Å². The number of fused-ring (bicyclic) bond motifs is 1. The van der Waals surface area contributed by atoms with Crippen LogP contribution in [-0.2, 0) is 20.9 Å². The average Bonchev–Trinajstić information content (AvgIpc) is 3.40. The van der Waals surface area contributed by atoms with Crippen LogP contribution in [0.4, 0.5) is 5.13 Å². The van der Waals surface area contributed by atoms with Gasteiger partial charge in [-0.3, -0.25) is 14.9 Å². The third-order valence-electron chi connectivity index (χ3n) is 4.20. The van der Waals surface area contributed by atoms with Crippen molar-refractivity contribution in [3.8, 4) is 17.0 Å². The number of carbonyl (C=O) groups excluding carboxylic acids is 2. The predicted molar refractivity (Wildman–Crippen MR) is 111 cm³/mol. The maximum absolute atomic E-state index is 12.1. The SMILES string of the molecule is COc1ccc(-c2csc(NC(=O)COC(=O)Cn3nnc4ccccc43)n2)cc1. The zero-order valence-corrected chi connectivity index (χ0v) is 16.8. The standard InChI is InChI=1S/C20H17N5O4S/c1-28-14-8-6-13(7-9-14)16-12-30-20(21-16)22-18(26)11-29-19(27)10-25-17-5-3-2-4-15(17)23-24-25/h2-9,12H,10-11H2,1H3,(H,21,22,26). The molecule has 0 saturated carbocycles. The summed E-state index contributed by atoms with van der Waals surface area (Å²) in [6.07, 6.45) is 0. The highest BCUT2D eigenvalue weighted by Gasteiger charge is 2.13. The summed E-state index contributed by atoms with van der Waals surface area (Å²) < 4.78 is 11.6. The molecule has 1 amide bonds. The molecule has 9 nitrogen and oxygen atoms in total. The molecule has 2 heterocycles. The number of thiazole rings is 1. The van der Waals surface area contributed by atoms with Gasteiger partial charge < -0.3 is 9.47 Å². The summed E-state index contributed by atoms with van der Waals surface area (Å²) in [7, 11) is 1.60. The Morgan fingerprint density at radius 2 is 1.93 bits per heavy atom. The van der Waals surface area contributed by atoms with Crippen LogP contribution in [0.3, 0.4) is 0 Å². The number of hydrogen-bond acceptors (Lipinski definition) is 8. The second-order valence-electron chi connectivity index (χ2n) is 6.21. The van der Waals surface area contributed by atoms with Gasteiger partial charge in [0, 0.05) is 10.9 Å². The quantitative estimate of drug-likeness (QED) is 0.455. The molecule has 0 bridgehead atoms. The molecule has 4 rings (SSSR count). The monoisotopic (exact) mass is 423 g/mol. The lowest BCUT2D eigenvalue weighted by molar-refractivity contribution is -0.148. The van der Waals surface area contributed by atoms with Crippen LogP contribution < -0.4 is 10.1 Å². The molecule has 0 unspecified atom stereocenters. The van der Waals surface area contributed by atoms with Crippen LogP contribution in [0.1, 0.15) is 0 Å². The number of carbonyl (C=O) groups is 2. The van der Waals surface area contributed by atoms with Gasteiger partial charge in [0.25, 0.3) is 5.91 Å². The minimum absolute atomic E-state index is 0.132. The highest BCUT2D eigenvalue weighted by Crippen LogP contribution is 2.26. The Bertz CT molecular complexity index is 1190. The van der Waals surface area contributed by atoms with E-state index in [1.807, 2.05) is 41.8 Å². The van der Waals surface area contributed by atoms with E-state index in [1.165, 1.54) is 16.0 Å². The summed E-state index contributed by atoms with van der Waals surface area (Å²) >= 11 is 1.28. The molecule has 1 N–H and O–H groups in total. The number of methoxy groups -OCH3 is 1. The molecule has 0 atom stereocenters. The van der Waals surface area contributed by atoms with Crippen molar-refractivity contribution in [2.75, 3.05) is 19.0 Å². The number of hydrogen-bond donors (Lipinski definition) is 1. The number of amides is 1. The molecule has 0 radical (unpaired) electrons. The topological polar surface area (TPSA) is 108 Å². The van der Waals surface area contributed by atoms with Crippen molar-refractivity contribution in [2.24, 2.45) is 0 Å². The minimum Gasteiger partial charge on any atom is -0.497 e. The molecule has 0 aliphatic rings. The zero-order valence-electron chi connectivity index (χ0n) is 15.9. The minimum atomic E-state index is -0.584. The van der Waals surface area contributed by atoms with Crippen molar-refractivity contribution in [1.29, 1.82) is 0 Å². The first-order valence-corrected chi connectivity index (χ1v) is 9.84. The Morgan fingerprint density at radius 3 is 2.73 bits per heavy atom. The highest BCUT2D eigenvalue weighted by molar-refractivity contribution is 7.14. The number of nitrogens with one attached hydrogen (secondary N) is 1. The number of esters is 1. The van der Waals surface area contributed by atoms with Crippen molar-refractivity contribution in [3.05, 3.63) is 53.9 Å². The van der Waals surface area contributed by atoms with Gasteiger partial charge in [-0.15, -0.1) is 16.4 Å². The van der Waals surface area contributed by atoms with Crippen LogP contribution in [0.15, 0.2) is 53.9 Å². The number of aromatic nitrogens is 4. The first kappa shape index (κ1) is 19.5. The molecule has 10 heteroatoms. The van der Waals surface area contributed by atoms with Gasteiger partial charge in [0.15, 0.2) is 11.7 Å². The lowest BCUT2D eigenvalue weighted by Crippen LogP contribution is -2.23. The highest BCUT2D eigenvalue weighted by atomic mass is 32.1. The fourth-order valence-electron chi connectivity index (χ4n) is 2.73. The number of benzene rings is 2. The predicted octanol–water partition coefficient (Wildman–Crippen LogP) is 2.75. The molecule has 0 aliphatic heterocycles. The van der Waals surface area contributed by atoms with E-state index in [4.69, 9.17) is 9.47 Å². The number of nitrogens with zero attached hydrogens (tertiary/aromatic N) is 4. The molecular weight excluding hydrogens is 406 g/mol. The summed E-state index contributed by atoms with van der Waals surface area (Å²) in [5.41, 5.74) is 3.03. The van der Waals surface area contributed by atoms with E-state index in [9.17, 15) is 9.59 Å². The Balaban J connectivity index is 1.29. The van der Waals surface area contributed by atoms with Gasteiger partial charge in [-0.25, -0.2) is 9.67 Å². The fraction of sp³-hybridized carbons (Fsp3) is 0.150. The number of para-hydroxylation sites is 1. The summed E-state index contributed by atoms with van der Waals surface area (Å²) in [6, 6.07) is 14.7. The normalized spacial score (nSPS) is 10.7. The number of ether oxygens (including phenoxy) is 2. The maximum Gasteiger partial charge on any atom is 0.328 e. The molecule has 0 aliphatic carbocycles. The van der Waals surface area contributed by atoms with Crippen molar-refractivity contribution in [3.63, 3.8) is 0 Å². The smallest absolute Gasteiger partial charge is 0.328 e. The molecule has 152 valence electrons. The first-order chi connectivity index (χ1) is 14.6. The van der Waals surface area contributed by atoms with Gasteiger partial charge in [-0.05, 0) is 36.4 Å². The van der Waals surface area contributed by atoms with E-state index >= 15 is 0 Å². The maximum atomic E-state index is 12.1. The lowest BCUT2D eigenvalue weighted by atomic mass is 10.2. The van der Waals surface area contributed by atoms with Crippen LogP contribution in [0, 0.1) is 0 Å². The van der Waals surface area contributed by atoms with Gasteiger partial charge in [0.2, 0.25) is 0 Å². The third kappa shape index (κ3) is 4.44. The van der Waals surface area contributed by atoms with E-state index in [1.54, 1.807) is 19.2 Å². The largest absolute Gasteiger partial charge is 0.497 e. The lowest BCUT2D eigenvalue weighted by Gasteiger charge is -2.05. The van der Waals surface area contributed by atoms with Crippen molar-refractivity contribution in [2.45, 2.75) is 6.54 Å². The average molecular weight is 423 g/mol. The third-order valence-corrected chi connectivity index (χ3v) is 4.96. The van der Waals surface area contributed by atoms with Crippen molar-refractivity contribution < 1.29 is 19.1 Å². The molecular formula is C20H17N5O4S. The Kier molecular flexibility index (Phi) is 5.66. The van der Waals surface area contributed by atoms with Crippen LogP contribution in [0.2, 0.25) is 0 Å². The molecule has 2 aromatic carbocycles. The molecule has 0 spiro atoms. The van der Waals surface area contributed by atoms with Crippen molar-refractivity contribution in [1.82, 2.24) is 20.0 Å². The zero-order chi connectivity index (χ0) is 20.9. The summed E-state index contributed by atoms with van der Waals surface area (Å²) in [5, 5.41) is 12.8. The molecule has 0 fully saturated rings. The summed E-state index contributed by atoms with van der Waals surface area (Å²) in [6.45, 7) is -0.546.